The Labute approximate surface area is 108 Å². The Morgan fingerprint density at radius 2 is 2.24 bits per heavy atom. The van der Waals surface area contributed by atoms with Crippen molar-refractivity contribution in [1.29, 1.82) is 0 Å². The van der Waals surface area contributed by atoms with Gasteiger partial charge in [0.25, 0.3) is 0 Å². The molecule has 1 aromatic carbocycles. The fraction of sp³-hybridized carbons (Fsp3) is 0.250. The van der Waals surface area contributed by atoms with Crippen LogP contribution in [-0.2, 0) is 13.2 Å². The number of nitrogens with zero attached hydrogens (tertiary/aromatic N) is 1. The highest BCUT2D eigenvalue weighted by molar-refractivity contribution is 9.10. The standard InChI is InChI=1S/C12H13BrN2O2/c1-8-4-11(15-17-8)7-16-12-3-2-10(13)5-9(12)6-14/h2-5H,6-7,14H2,1H3. The van der Waals surface area contributed by atoms with Gasteiger partial charge in [-0.3, -0.25) is 0 Å². The highest BCUT2D eigenvalue weighted by atomic mass is 79.9. The molecule has 2 rings (SSSR count). The third-order valence-electron chi connectivity index (χ3n) is 2.29. The van der Waals surface area contributed by atoms with E-state index in [1.807, 2.05) is 31.2 Å². The van der Waals surface area contributed by atoms with E-state index in [0.717, 1.165) is 27.2 Å². The number of benzene rings is 1. The molecule has 0 bridgehead atoms. The molecular weight excluding hydrogens is 284 g/mol. The van der Waals surface area contributed by atoms with Crippen LogP contribution in [0, 0.1) is 6.92 Å². The van der Waals surface area contributed by atoms with Gasteiger partial charge in [-0.25, -0.2) is 0 Å². The van der Waals surface area contributed by atoms with Gasteiger partial charge in [0.1, 0.15) is 23.8 Å². The van der Waals surface area contributed by atoms with Gasteiger partial charge in [-0.2, -0.15) is 0 Å². The van der Waals surface area contributed by atoms with Gasteiger partial charge in [0.2, 0.25) is 0 Å². The zero-order valence-corrected chi connectivity index (χ0v) is 11.0. The van der Waals surface area contributed by atoms with Crippen molar-refractivity contribution in [2.75, 3.05) is 0 Å². The summed E-state index contributed by atoms with van der Waals surface area (Å²) in [5.74, 6) is 1.55. The quantitative estimate of drug-likeness (QED) is 0.942. The number of ether oxygens (including phenoxy) is 1. The number of nitrogens with two attached hydrogens (primary N) is 1. The molecule has 0 aliphatic heterocycles. The number of hydrogen-bond acceptors (Lipinski definition) is 4. The number of halogens is 1. The Morgan fingerprint density at radius 3 is 2.88 bits per heavy atom. The van der Waals surface area contributed by atoms with Crippen LogP contribution in [-0.4, -0.2) is 5.16 Å². The summed E-state index contributed by atoms with van der Waals surface area (Å²) in [7, 11) is 0. The van der Waals surface area contributed by atoms with Gasteiger partial charge in [0.15, 0.2) is 0 Å². The van der Waals surface area contributed by atoms with Crippen LogP contribution in [0.4, 0.5) is 0 Å². The first-order chi connectivity index (χ1) is 8.19. The van der Waals surface area contributed by atoms with Gasteiger partial charge >= 0.3 is 0 Å². The van der Waals surface area contributed by atoms with Crippen molar-refractivity contribution < 1.29 is 9.26 Å². The predicted molar refractivity (Wildman–Crippen MR) is 67.6 cm³/mol. The molecule has 90 valence electrons. The van der Waals surface area contributed by atoms with Gasteiger partial charge in [-0.05, 0) is 25.1 Å². The zero-order chi connectivity index (χ0) is 12.3. The Balaban J connectivity index is 2.08. The summed E-state index contributed by atoms with van der Waals surface area (Å²) in [6.45, 7) is 2.67. The van der Waals surface area contributed by atoms with Crippen LogP contribution in [0.3, 0.4) is 0 Å². The fourth-order valence-electron chi connectivity index (χ4n) is 1.49. The van der Waals surface area contributed by atoms with Crippen LogP contribution < -0.4 is 10.5 Å². The topological polar surface area (TPSA) is 61.3 Å². The van der Waals surface area contributed by atoms with E-state index >= 15 is 0 Å². The Morgan fingerprint density at radius 1 is 1.41 bits per heavy atom. The van der Waals surface area contributed by atoms with Crippen LogP contribution >= 0.6 is 15.9 Å². The van der Waals surface area contributed by atoms with Gasteiger partial charge in [-0.1, -0.05) is 21.1 Å². The predicted octanol–water partition coefficient (Wildman–Crippen LogP) is 2.78. The molecule has 0 spiro atoms. The van der Waals surface area contributed by atoms with E-state index in [0.29, 0.717) is 13.2 Å². The van der Waals surface area contributed by atoms with Crippen molar-refractivity contribution in [3.63, 3.8) is 0 Å². The van der Waals surface area contributed by atoms with Crippen LogP contribution in [0.5, 0.6) is 5.75 Å². The van der Waals surface area contributed by atoms with Crippen LogP contribution in [0.25, 0.3) is 0 Å². The van der Waals surface area contributed by atoms with Crippen LogP contribution in [0.2, 0.25) is 0 Å². The van der Waals surface area contributed by atoms with E-state index in [1.165, 1.54) is 0 Å². The lowest BCUT2D eigenvalue weighted by Crippen LogP contribution is -2.02. The Kier molecular flexibility index (Phi) is 3.81. The van der Waals surface area contributed by atoms with Crippen molar-refractivity contribution in [3.8, 4) is 5.75 Å². The highest BCUT2D eigenvalue weighted by Gasteiger charge is 2.05. The van der Waals surface area contributed by atoms with Gasteiger partial charge in [-0.15, -0.1) is 0 Å². The second kappa shape index (κ2) is 5.33. The summed E-state index contributed by atoms with van der Waals surface area (Å²) in [6.07, 6.45) is 0. The first-order valence-electron chi connectivity index (χ1n) is 5.22. The molecule has 0 aliphatic carbocycles. The fourth-order valence-corrected chi connectivity index (χ4v) is 1.89. The molecule has 1 aromatic heterocycles. The molecule has 0 atom stereocenters. The minimum absolute atomic E-state index is 0.381. The maximum absolute atomic E-state index is 5.66. The number of rotatable bonds is 4. The largest absolute Gasteiger partial charge is 0.487 e. The first-order valence-corrected chi connectivity index (χ1v) is 6.02. The van der Waals surface area contributed by atoms with Crippen molar-refractivity contribution in [2.24, 2.45) is 5.73 Å². The maximum atomic E-state index is 5.66. The number of hydrogen-bond donors (Lipinski definition) is 1. The lowest BCUT2D eigenvalue weighted by Gasteiger charge is -2.09. The molecule has 0 unspecified atom stereocenters. The molecule has 17 heavy (non-hydrogen) atoms. The van der Waals surface area contributed by atoms with E-state index in [-0.39, 0.29) is 0 Å². The normalized spacial score (nSPS) is 10.5. The second-order valence-electron chi connectivity index (χ2n) is 3.67. The van der Waals surface area contributed by atoms with Crippen LogP contribution in [0.15, 0.2) is 33.3 Å². The first kappa shape index (κ1) is 12.1. The molecule has 1 heterocycles. The van der Waals surface area contributed by atoms with Gasteiger partial charge in [0, 0.05) is 22.6 Å². The average molecular weight is 297 g/mol. The summed E-state index contributed by atoms with van der Waals surface area (Å²) >= 11 is 3.40. The zero-order valence-electron chi connectivity index (χ0n) is 9.44. The van der Waals surface area contributed by atoms with E-state index in [4.69, 9.17) is 15.0 Å². The van der Waals surface area contributed by atoms with E-state index in [1.54, 1.807) is 0 Å². The van der Waals surface area contributed by atoms with E-state index in [9.17, 15) is 0 Å². The third-order valence-corrected chi connectivity index (χ3v) is 2.79. The summed E-state index contributed by atoms with van der Waals surface area (Å²) in [5, 5.41) is 3.86. The lowest BCUT2D eigenvalue weighted by molar-refractivity contribution is 0.285. The number of aryl methyl sites for hydroxylation is 1. The molecule has 0 saturated heterocycles. The molecule has 0 radical (unpaired) electrons. The van der Waals surface area contributed by atoms with Crippen molar-refractivity contribution >= 4 is 15.9 Å². The van der Waals surface area contributed by atoms with Crippen LogP contribution in [0.1, 0.15) is 17.0 Å². The molecule has 0 aliphatic rings. The molecular formula is C12H13BrN2O2. The Hall–Kier alpha value is -1.33. The highest BCUT2D eigenvalue weighted by Crippen LogP contribution is 2.23. The molecule has 4 nitrogen and oxygen atoms in total. The summed E-state index contributed by atoms with van der Waals surface area (Å²) in [4.78, 5) is 0. The monoisotopic (exact) mass is 296 g/mol. The lowest BCUT2D eigenvalue weighted by atomic mass is 10.2. The minimum Gasteiger partial charge on any atom is -0.487 e. The molecule has 5 heteroatoms. The van der Waals surface area contributed by atoms with Crippen molar-refractivity contribution in [3.05, 3.63) is 45.8 Å². The summed E-state index contributed by atoms with van der Waals surface area (Å²) in [6, 6.07) is 7.60. The minimum atomic E-state index is 0.381. The van der Waals surface area contributed by atoms with E-state index < -0.39 is 0 Å². The maximum Gasteiger partial charge on any atom is 0.134 e. The van der Waals surface area contributed by atoms with Crippen molar-refractivity contribution in [2.45, 2.75) is 20.1 Å². The molecule has 0 saturated carbocycles. The van der Waals surface area contributed by atoms with Crippen molar-refractivity contribution in [1.82, 2.24) is 5.16 Å². The molecule has 0 fully saturated rings. The van der Waals surface area contributed by atoms with E-state index in [2.05, 4.69) is 21.1 Å². The number of aromatic nitrogens is 1. The van der Waals surface area contributed by atoms with Gasteiger partial charge < -0.3 is 15.0 Å². The molecule has 2 N–H and O–H groups in total. The third kappa shape index (κ3) is 3.08. The molecule has 0 amide bonds. The smallest absolute Gasteiger partial charge is 0.134 e. The average Bonchev–Trinajstić information content (AvgIpc) is 2.73. The van der Waals surface area contributed by atoms with Gasteiger partial charge in [0.05, 0.1) is 0 Å². The summed E-state index contributed by atoms with van der Waals surface area (Å²) < 4.78 is 11.6. The SMILES string of the molecule is Cc1cc(COc2ccc(Br)cc2CN)no1. The molecule has 2 aromatic rings. The summed E-state index contributed by atoms with van der Waals surface area (Å²) in [5.41, 5.74) is 7.39. The second-order valence-corrected chi connectivity index (χ2v) is 4.59. The Bertz CT molecular complexity index is 511.